The van der Waals surface area contributed by atoms with Gasteiger partial charge in [0.05, 0.1) is 12.2 Å². The molecule has 4 nitrogen and oxygen atoms in total. The summed E-state index contributed by atoms with van der Waals surface area (Å²) in [7, 11) is 0. The molecule has 1 aromatic rings. The molecule has 0 heterocycles. The zero-order valence-electron chi connectivity index (χ0n) is 9.57. The molecule has 2 amide bonds. The van der Waals surface area contributed by atoms with Crippen LogP contribution in [-0.2, 0) is 0 Å². The fraction of sp³-hybridized carbons (Fsp3) is 0.364. The zero-order chi connectivity index (χ0) is 13.5. The Hall–Kier alpha value is -1.76. The molecule has 7 heteroatoms. The van der Waals surface area contributed by atoms with E-state index in [0.717, 1.165) is 11.0 Å². The van der Waals surface area contributed by atoms with E-state index in [4.69, 9.17) is 5.73 Å². The SMILES string of the molecule is NCCN(CC(F)F)C(=O)Nc1ccccc1F. The molecule has 0 saturated carbocycles. The smallest absolute Gasteiger partial charge is 0.322 e. The number of anilines is 1. The fourth-order valence-electron chi connectivity index (χ4n) is 1.36. The fourth-order valence-corrected chi connectivity index (χ4v) is 1.36. The summed E-state index contributed by atoms with van der Waals surface area (Å²) in [6, 6.07) is 4.69. The van der Waals surface area contributed by atoms with Crippen molar-refractivity contribution < 1.29 is 18.0 Å². The monoisotopic (exact) mass is 261 g/mol. The molecule has 100 valence electrons. The van der Waals surface area contributed by atoms with Crippen LogP contribution >= 0.6 is 0 Å². The van der Waals surface area contributed by atoms with Gasteiger partial charge in [-0.15, -0.1) is 0 Å². The standard InChI is InChI=1S/C11H14F3N3O/c12-8-3-1-2-4-9(8)16-11(18)17(6-5-15)7-10(13)14/h1-4,10H,5-7,15H2,(H,16,18). The topological polar surface area (TPSA) is 58.4 Å². The number of alkyl halides is 2. The van der Waals surface area contributed by atoms with E-state index in [0.29, 0.717) is 0 Å². The highest BCUT2D eigenvalue weighted by molar-refractivity contribution is 5.89. The molecule has 1 aromatic carbocycles. The van der Waals surface area contributed by atoms with E-state index < -0.39 is 24.8 Å². The quantitative estimate of drug-likeness (QED) is 0.850. The lowest BCUT2D eigenvalue weighted by Crippen LogP contribution is -2.41. The van der Waals surface area contributed by atoms with Gasteiger partial charge in [0.15, 0.2) is 0 Å². The van der Waals surface area contributed by atoms with E-state index in [1.807, 2.05) is 0 Å². The summed E-state index contributed by atoms with van der Waals surface area (Å²) in [5, 5.41) is 2.22. The Morgan fingerprint density at radius 1 is 1.39 bits per heavy atom. The lowest BCUT2D eigenvalue weighted by Gasteiger charge is -2.22. The maximum absolute atomic E-state index is 13.3. The Morgan fingerprint density at radius 3 is 2.61 bits per heavy atom. The number of halogens is 3. The number of rotatable bonds is 5. The Balaban J connectivity index is 2.69. The number of nitrogens with zero attached hydrogens (tertiary/aromatic N) is 1. The number of nitrogens with two attached hydrogens (primary N) is 1. The van der Waals surface area contributed by atoms with Crippen molar-refractivity contribution in [3.63, 3.8) is 0 Å². The number of carbonyl (C=O) groups is 1. The van der Waals surface area contributed by atoms with E-state index in [9.17, 15) is 18.0 Å². The number of hydrogen-bond acceptors (Lipinski definition) is 2. The highest BCUT2D eigenvalue weighted by Gasteiger charge is 2.18. The first kappa shape index (κ1) is 14.3. The summed E-state index contributed by atoms with van der Waals surface area (Å²) in [5.41, 5.74) is 5.17. The average molecular weight is 261 g/mol. The minimum atomic E-state index is -2.66. The van der Waals surface area contributed by atoms with Gasteiger partial charge in [0.1, 0.15) is 5.82 Å². The molecule has 3 N–H and O–H groups in total. The van der Waals surface area contributed by atoms with Crippen LogP contribution in [0.25, 0.3) is 0 Å². The number of nitrogens with one attached hydrogen (secondary N) is 1. The molecule has 0 unspecified atom stereocenters. The molecule has 18 heavy (non-hydrogen) atoms. The first-order valence-corrected chi connectivity index (χ1v) is 5.33. The third-order valence-electron chi connectivity index (χ3n) is 2.16. The average Bonchev–Trinajstić information content (AvgIpc) is 2.31. The third kappa shape index (κ3) is 4.25. The Kier molecular flexibility index (Phi) is 5.44. The van der Waals surface area contributed by atoms with Gasteiger partial charge in [-0.05, 0) is 12.1 Å². The van der Waals surface area contributed by atoms with Gasteiger partial charge >= 0.3 is 6.03 Å². The molecule has 0 atom stereocenters. The van der Waals surface area contributed by atoms with E-state index in [1.165, 1.54) is 18.2 Å². The van der Waals surface area contributed by atoms with Crippen LogP contribution in [0, 0.1) is 5.82 Å². The second-order valence-corrected chi connectivity index (χ2v) is 3.54. The zero-order valence-corrected chi connectivity index (χ0v) is 9.57. The summed E-state index contributed by atoms with van der Waals surface area (Å²) in [4.78, 5) is 12.5. The lowest BCUT2D eigenvalue weighted by molar-refractivity contribution is 0.103. The largest absolute Gasteiger partial charge is 0.329 e. The lowest BCUT2D eigenvalue weighted by atomic mass is 10.3. The second-order valence-electron chi connectivity index (χ2n) is 3.54. The van der Waals surface area contributed by atoms with E-state index in [2.05, 4.69) is 5.32 Å². The summed E-state index contributed by atoms with van der Waals surface area (Å²) in [5.74, 6) is -0.629. The number of hydrogen-bond donors (Lipinski definition) is 2. The molecule has 0 aliphatic rings. The normalized spacial score (nSPS) is 10.5. The number of urea groups is 1. The van der Waals surface area contributed by atoms with Gasteiger partial charge in [0.2, 0.25) is 0 Å². The van der Waals surface area contributed by atoms with E-state index >= 15 is 0 Å². The number of carbonyl (C=O) groups excluding carboxylic acids is 1. The maximum atomic E-state index is 13.3. The predicted molar refractivity (Wildman–Crippen MR) is 62.1 cm³/mol. The molecule has 1 rings (SSSR count). The number of amides is 2. The van der Waals surface area contributed by atoms with Gasteiger partial charge < -0.3 is 16.0 Å². The molecule has 0 fully saturated rings. The van der Waals surface area contributed by atoms with Gasteiger partial charge in [-0.25, -0.2) is 18.0 Å². The molecule has 0 aromatic heterocycles. The molecule has 0 aliphatic heterocycles. The van der Waals surface area contributed by atoms with Crippen molar-refractivity contribution in [1.29, 1.82) is 0 Å². The van der Waals surface area contributed by atoms with Gasteiger partial charge in [0.25, 0.3) is 6.43 Å². The van der Waals surface area contributed by atoms with E-state index in [1.54, 1.807) is 0 Å². The number of benzene rings is 1. The van der Waals surface area contributed by atoms with Gasteiger partial charge in [-0.1, -0.05) is 12.1 Å². The van der Waals surface area contributed by atoms with E-state index in [-0.39, 0.29) is 18.8 Å². The van der Waals surface area contributed by atoms with Gasteiger partial charge in [0, 0.05) is 13.1 Å². The Bertz CT molecular complexity index is 401. The molecule has 0 radical (unpaired) electrons. The van der Waals surface area contributed by atoms with Crippen molar-refractivity contribution in [3.8, 4) is 0 Å². The highest BCUT2D eigenvalue weighted by Crippen LogP contribution is 2.13. The third-order valence-corrected chi connectivity index (χ3v) is 2.16. The minimum Gasteiger partial charge on any atom is -0.329 e. The summed E-state index contributed by atoms with van der Waals surface area (Å²) >= 11 is 0. The van der Waals surface area contributed by atoms with Crippen molar-refractivity contribution >= 4 is 11.7 Å². The van der Waals surface area contributed by atoms with Crippen LogP contribution in [-0.4, -0.2) is 37.0 Å². The molecule has 0 spiro atoms. The first-order chi connectivity index (χ1) is 8.54. The molecule has 0 saturated heterocycles. The number of para-hydroxylation sites is 1. The molecular formula is C11H14F3N3O. The van der Waals surface area contributed by atoms with Crippen molar-refractivity contribution in [2.45, 2.75) is 6.43 Å². The van der Waals surface area contributed by atoms with Crippen molar-refractivity contribution in [2.24, 2.45) is 5.73 Å². The van der Waals surface area contributed by atoms with Crippen molar-refractivity contribution in [1.82, 2.24) is 4.90 Å². The van der Waals surface area contributed by atoms with Gasteiger partial charge in [-0.2, -0.15) is 0 Å². The summed E-state index contributed by atoms with van der Waals surface area (Å²) in [6.45, 7) is -0.709. The highest BCUT2D eigenvalue weighted by atomic mass is 19.3. The molecule has 0 bridgehead atoms. The Labute approximate surface area is 103 Å². The predicted octanol–water partition coefficient (Wildman–Crippen LogP) is 1.88. The minimum absolute atomic E-state index is 0.0232. The van der Waals surface area contributed by atoms with Crippen LogP contribution in [0.5, 0.6) is 0 Å². The first-order valence-electron chi connectivity index (χ1n) is 5.33. The second kappa shape index (κ2) is 6.85. The summed E-state index contributed by atoms with van der Waals surface area (Å²) in [6.07, 6.45) is -2.66. The van der Waals surface area contributed by atoms with Crippen LogP contribution < -0.4 is 11.1 Å². The van der Waals surface area contributed by atoms with Crippen LogP contribution in [0.4, 0.5) is 23.7 Å². The van der Waals surface area contributed by atoms with Crippen LogP contribution in [0.3, 0.4) is 0 Å². The van der Waals surface area contributed by atoms with Gasteiger partial charge in [-0.3, -0.25) is 0 Å². The Morgan fingerprint density at radius 2 is 2.06 bits per heavy atom. The summed E-state index contributed by atoms with van der Waals surface area (Å²) < 4.78 is 37.8. The van der Waals surface area contributed by atoms with Crippen molar-refractivity contribution in [2.75, 3.05) is 25.0 Å². The van der Waals surface area contributed by atoms with Crippen molar-refractivity contribution in [3.05, 3.63) is 30.1 Å². The molecule has 0 aliphatic carbocycles. The van der Waals surface area contributed by atoms with Crippen LogP contribution in [0.2, 0.25) is 0 Å². The van der Waals surface area contributed by atoms with Crippen LogP contribution in [0.15, 0.2) is 24.3 Å². The van der Waals surface area contributed by atoms with Crippen LogP contribution in [0.1, 0.15) is 0 Å². The molecular weight excluding hydrogens is 247 g/mol. The maximum Gasteiger partial charge on any atom is 0.322 e.